The average molecular weight is 277 g/mol. The lowest BCUT2D eigenvalue weighted by atomic mass is 9.81. The minimum absolute atomic E-state index is 0.00183. The molecule has 0 spiro atoms. The van der Waals surface area contributed by atoms with Crippen LogP contribution in [-0.2, 0) is 4.79 Å². The largest absolute Gasteiger partial charge is 0.325 e. The molecule has 1 amide bonds. The molecule has 1 aromatic rings. The first-order valence-electron chi connectivity index (χ1n) is 6.44. The third kappa shape index (κ3) is 2.90. The molecule has 1 unspecified atom stereocenters. The van der Waals surface area contributed by atoms with Crippen LogP contribution in [-0.4, -0.2) is 5.91 Å². The molecule has 0 aliphatic heterocycles. The normalized spacial score (nSPS) is 20.8. The van der Waals surface area contributed by atoms with Gasteiger partial charge in [-0.2, -0.15) is 5.26 Å². The molecule has 19 heavy (non-hydrogen) atoms. The number of amides is 1. The van der Waals surface area contributed by atoms with Crippen LogP contribution < -0.4 is 5.32 Å². The predicted octanol–water partition coefficient (Wildman–Crippen LogP) is 3.98. The van der Waals surface area contributed by atoms with E-state index in [1.54, 1.807) is 18.2 Å². The summed E-state index contributed by atoms with van der Waals surface area (Å²) in [7, 11) is 0. The SMILES string of the molecule is CC1(C)CCCC1C(=O)Nc1cc(Cl)ccc1C#N. The number of halogens is 1. The number of carbonyl (C=O) groups is 1. The first kappa shape index (κ1) is 13.9. The highest BCUT2D eigenvalue weighted by Crippen LogP contribution is 2.43. The standard InChI is InChI=1S/C15H17ClN2O/c1-15(2)7-3-4-12(15)14(19)18-13-8-11(16)6-5-10(13)9-17/h5-6,8,12H,3-4,7H2,1-2H3,(H,18,19). The second-order valence-corrected chi connectivity index (χ2v) is 6.16. The third-order valence-electron chi connectivity index (χ3n) is 3.93. The summed E-state index contributed by atoms with van der Waals surface area (Å²) in [6.45, 7) is 4.24. The maximum Gasteiger partial charge on any atom is 0.228 e. The van der Waals surface area contributed by atoms with Gasteiger partial charge in [0, 0.05) is 10.9 Å². The summed E-state index contributed by atoms with van der Waals surface area (Å²) in [6.07, 6.45) is 3.04. The van der Waals surface area contributed by atoms with E-state index < -0.39 is 0 Å². The second-order valence-electron chi connectivity index (χ2n) is 5.72. The zero-order valence-corrected chi connectivity index (χ0v) is 11.9. The summed E-state index contributed by atoms with van der Waals surface area (Å²) in [4.78, 5) is 12.3. The van der Waals surface area contributed by atoms with Gasteiger partial charge in [0.25, 0.3) is 0 Å². The van der Waals surface area contributed by atoms with Crippen molar-refractivity contribution in [1.82, 2.24) is 0 Å². The highest BCUT2D eigenvalue weighted by Gasteiger charge is 2.39. The maximum absolute atomic E-state index is 12.3. The van der Waals surface area contributed by atoms with Crippen LogP contribution in [0.2, 0.25) is 5.02 Å². The number of hydrogen-bond acceptors (Lipinski definition) is 2. The van der Waals surface area contributed by atoms with Crippen molar-refractivity contribution in [3.8, 4) is 6.07 Å². The van der Waals surface area contributed by atoms with Crippen molar-refractivity contribution < 1.29 is 4.79 Å². The molecule has 1 N–H and O–H groups in total. The number of anilines is 1. The Kier molecular flexibility index (Phi) is 3.82. The summed E-state index contributed by atoms with van der Waals surface area (Å²) in [5.41, 5.74) is 0.964. The number of nitriles is 1. The Morgan fingerprint density at radius 2 is 2.26 bits per heavy atom. The van der Waals surface area contributed by atoms with Crippen molar-refractivity contribution in [2.75, 3.05) is 5.32 Å². The Bertz CT molecular complexity index is 546. The molecule has 4 heteroatoms. The first-order chi connectivity index (χ1) is 8.94. The molecule has 0 radical (unpaired) electrons. The van der Waals surface area contributed by atoms with E-state index in [9.17, 15) is 4.79 Å². The summed E-state index contributed by atoms with van der Waals surface area (Å²) in [5, 5.41) is 12.4. The van der Waals surface area contributed by atoms with Gasteiger partial charge in [0.15, 0.2) is 0 Å². The van der Waals surface area contributed by atoms with Crippen LogP contribution in [0, 0.1) is 22.7 Å². The van der Waals surface area contributed by atoms with Crippen LogP contribution in [0.25, 0.3) is 0 Å². The van der Waals surface area contributed by atoms with E-state index in [1.807, 2.05) is 0 Å². The van der Waals surface area contributed by atoms with Crippen LogP contribution in [0.5, 0.6) is 0 Å². The van der Waals surface area contributed by atoms with Crippen molar-refractivity contribution in [2.24, 2.45) is 11.3 Å². The van der Waals surface area contributed by atoms with Crippen molar-refractivity contribution in [3.05, 3.63) is 28.8 Å². The number of nitrogens with zero attached hydrogens (tertiary/aromatic N) is 1. The maximum atomic E-state index is 12.3. The Hall–Kier alpha value is -1.53. The molecule has 3 nitrogen and oxygen atoms in total. The minimum Gasteiger partial charge on any atom is -0.325 e. The Labute approximate surface area is 118 Å². The van der Waals surface area contributed by atoms with Crippen molar-refractivity contribution in [2.45, 2.75) is 33.1 Å². The van der Waals surface area contributed by atoms with Crippen LogP contribution >= 0.6 is 11.6 Å². The van der Waals surface area contributed by atoms with E-state index in [2.05, 4.69) is 25.2 Å². The molecule has 0 aromatic heterocycles. The summed E-state index contributed by atoms with van der Waals surface area (Å²) in [5.74, 6) is -0.0145. The fraction of sp³-hybridized carbons (Fsp3) is 0.467. The monoisotopic (exact) mass is 276 g/mol. The topological polar surface area (TPSA) is 52.9 Å². The zero-order valence-electron chi connectivity index (χ0n) is 11.2. The lowest BCUT2D eigenvalue weighted by Crippen LogP contribution is -2.31. The number of benzene rings is 1. The van der Waals surface area contributed by atoms with E-state index >= 15 is 0 Å². The van der Waals surface area contributed by atoms with E-state index in [0.29, 0.717) is 16.3 Å². The Morgan fingerprint density at radius 3 is 2.84 bits per heavy atom. The van der Waals surface area contributed by atoms with Gasteiger partial charge in [-0.15, -0.1) is 0 Å². The molecule has 0 bridgehead atoms. The number of carbonyl (C=O) groups excluding carboxylic acids is 1. The lowest BCUT2D eigenvalue weighted by molar-refractivity contribution is -0.122. The van der Waals surface area contributed by atoms with Gasteiger partial charge in [0.2, 0.25) is 5.91 Å². The number of hydrogen-bond donors (Lipinski definition) is 1. The highest BCUT2D eigenvalue weighted by molar-refractivity contribution is 6.31. The molecule has 1 aliphatic carbocycles. The molecule has 2 rings (SSSR count). The van der Waals surface area contributed by atoms with Crippen molar-refractivity contribution >= 4 is 23.2 Å². The summed E-state index contributed by atoms with van der Waals surface area (Å²) in [6, 6.07) is 6.96. The fourth-order valence-corrected chi connectivity index (χ4v) is 2.92. The van der Waals surface area contributed by atoms with Gasteiger partial charge >= 0.3 is 0 Å². The number of rotatable bonds is 2. The van der Waals surface area contributed by atoms with E-state index in [1.165, 1.54) is 0 Å². The minimum atomic E-state index is -0.0127. The third-order valence-corrected chi connectivity index (χ3v) is 4.17. The first-order valence-corrected chi connectivity index (χ1v) is 6.82. The van der Waals surface area contributed by atoms with E-state index in [-0.39, 0.29) is 17.2 Å². The summed E-state index contributed by atoms with van der Waals surface area (Å²) < 4.78 is 0. The van der Waals surface area contributed by atoms with Gasteiger partial charge in [0.05, 0.1) is 11.3 Å². The fourth-order valence-electron chi connectivity index (χ4n) is 2.75. The van der Waals surface area contributed by atoms with Gasteiger partial charge in [-0.3, -0.25) is 4.79 Å². The van der Waals surface area contributed by atoms with Crippen LogP contribution in [0.4, 0.5) is 5.69 Å². The van der Waals surface area contributed by atoms with Gasteiger partial charge in [-0.25, -0.2) is 0 Å². The molecular formula is C15H17ClN2O. The molecule has 0 heterocycles. The lowest BCUT2D eigenvalue weighted by Gasteiger charge is -2.26. The molecule has 1 fully saturated rings. The number of nitrogens with one attached hydrogen (secondary N) is 1. The van der Waals surface area contributed by atoms with E-state index in [4.69, 9.17) is 16.9 Å². The van der Waals surface area contributed by atoms with Crippen LogP contribution in [0.15, 0.2) is 18.2 Å². The average Bonchev–Trinajstić information content (AvgIpc) is 2.69. The molecular weight excluding hydrogens is 260 g/mol. The van der Waals surface area contributed by atoms with Crippen LogP contribution in [0.3, 0.4) is 0 Å². The highest BCUT2D eigenvalue weighted by atomic mass is 35.5. The Morgan fingerprint density at radius 1 is 1.53 bits per heavy atom. The van der Waals surface area contributed by atoms with Gasteiger partial charge in [-0.05, 0) is 36.5 Å². The van der Waals surface area contributed by atoms with Crippen LogP contribution in [0.1, 0.15) is 38.7 Å². The predicted molar refractivity (Wildman–Crippen MR) is 75.9 cm³/mol. The quantitative estimate of drug-likeness (QED) is 0.888. The smallest absolute Gasteiger partial charge is 0.228 e. The molecule has 0 saturated heterocycles. The second kappa shape index (κ2) is 5.22. The molecule has 1 aliphatic rings. The van der Waals surface area contributed by atoms with Gasteiger partial charge < -0.3 is 5.32 Å². The van der Waals surface area contributed by atoms with Crippen molar-refractivity contribution in [3.63, 3.8) is 0 Å². The van der Waals surface area contributed by atoms with Gasteiger partial charge in [0.1, 0.15) is 6.07 Å². The van der Waals surface area contributed by atoms with E-state index in [0.717, 1.165) is 19.3 Å². The van der Waals surface area contributed by atoms with Gasteiger partial charge in [-0.1, -0.05) is 31.9 Å². The Balaban J connectivity index is 2.20. The molecule has 1 atom stereocenters. The van der Waals surface area contributed by atoms with Crippen molar-refractivity contribution in [1.29, 1.82) is 5.26 Å². The molecule has 100 valence electrons. The summed E-state index contributed by atoms with van der Waals surface area (Å²) >= 11 is 5.91. The molecule has 1 saturated carbocycles. The molecule has 1 aromatic carbocycles. The zero-order chi connectivity index (χ0) is 14.0.